The molecule has 1 aromatic rings. The molecule has 3 nitrogen and oxygen atoms in total. The molecule has 0 saturated heterocycles. The van der Waals surface area contributed by atoms with Gasteiger partial charge in [-0.1, -0.05) is 31.7 Å². The van der Waals surface area contributed by atoms with Crippen molar-refractivity contribution in [1.82, 2.24) is 5.32 Å². The van der Waals surface area contributed by atoms with Crippen LogP contribution in [0.3, 0.4) is 0 Å². The number of anilines is 1. The minimum absolute atomic E-state index is 0.0797. The second-order valence-corrected chi connectivity index (χ2v) is 6.04. The first-order chi connectivity index (χ1) is 8.74. The highest BCUT2D eigenvalue weighted by atomic mass is 127. The lowest BCUT2D eigenvalue weighted by molar-refractivity contribution is 0.247. The molecule has 0 aromatic heterocycles. The molecule has 0 spiro atoms. The lowest BCUT2D eigenvalue weighted by atomic mass is 10.1. The van der Waals surface area contributed by atoms with Crippen LogP contribution in [0.1, 0.15) is 38.5 Å². The third-order valence-corrected chi connectivity index (χ3v) is 3.94. The van der Waals surface area contributed by atoms with Crippen LogP contribution in [0.5, 0.6) is 0 Å². The Morgan fingerprint density at radius 2 is 1.89 bits per heavy atom. The summed E-state index contributed by atoms with van der Waals surface area (Å²) in [4.78, 5) is 11.9. The van der Waals surface area contributed by atoms with Crippen LogP contribution >= 0.6 is 22.6 Å². The number of rotatable bonds is 2. The summed E-state index contributed by atoms with van der Waals surface area (Å²) in [6.45, 7) is 0. The van der Waals surface area contributed by atoms with Gasteiger partial charge in [0.15, 0.2) is 0 Å². The van der Waals surface area contributed by atoms with Gasteiger partial charge in [-0.15, -0.1) is 0 Å². The predicted octanol–water partition coefficient (Wildman–Crippen LogP) is 4.14. The summed E-state index contributed by atoms with van der Waals surface area (Å²) in [5.74, 6) is 0. The van der Waals surface area contributed by atoms with E-state index in [0.717, 1.165) is 22.1 Å². The average molecular weight is 358 g/mol. The van der Waals surface area contributed by atoms with Crippen molar-refractivity contribution in [2.24, 2.45) is 0 Å². The van der Waals surface area contributed by atoms with Crippen molar-refractivity contribution in [3.05, 3.63) is 27.8 Å². The summed E-state index contributed by atoms with van der Waals surface area (Å²) >= 11 is 2.24. The van der Waals surface area contributed by atoms with Gasteiger partial charge in [0.25, 0.3) is 0 Å². The Hall–Kier alpha value is -0.780. The minimum atomic E-state index is -0.0797. The van der Waals surface area contributed by atoms with E-state index in [9.17, 15) is 4.79 Å². The zero-order valence-corrected chi connectivity index (χ0v) is 12.6. The summed E-state index contributed by atoms with van der Waals surface area (Å²) in [6.07, 6.45) is 7.29. The molecule has 0 heterocycles. The van der Waals surface area contributed by atoms with Crippen molar-refractivity contribution in [3.63, 3.8) is 0 Å². The van der Waals surface area contributed by atoms with Gasteiger partial charge in [0.2, 0.25) is 0 Å². The maximum Gasteiger partial charge on any atom is 0.319 e. The Labute approximate surface area is 122 Å². The normalized spacial score (nSPS) is 16.9. The molecule has 1 aliphatic carbocycles. The summed E-state index contributed by atoms with van der Waals surface area (Å²) in [6, 6.07) is 8.10. The van der Waals surface area contributed by atoms with Crippen molar-refractivity contribution in [3.8, 4) is 0 Å². The van der Waals surface area contributed by atoms with Gasteiger partial charge in [-0.05, 0) is 53.6 Å². The number of carbonyl (C=O) groups excluding carboxylic acids is 1. The van der Waals surface area contributed by atoms with E-state index in [1.807, 2.05) is 24.3 Å². The smallest absolute Gasteiger partial charge is 0.319 e. The van der Waals surface area contributed by atoms with Gasteiger partial charge in [-0.3, -0.25) is 0 Å². The van der Waals surface area contributed by atoms with Crippen molar-refractivity contribution in [2.75, 3.05) is 5.32 Å². The monoisotopic (exact) mass is 358 g/mol. The molecule has 4 heteroatoms. The molecule has 0 unspecified atom stereocenters. The van der Waals surface area contributed by atoms with Gasteiger partial charge in [0.1, 0.15) is 0 Å². The molecule has 1 aromatic carbocycles. The van der Waals surface area contributed by atoms with Crippen LogP contribution in [-0.4, -0.2) is 12.1 Å². The molecule has 1 aliphatic rings. The molecule has 1 saturated carbocycles. The second-order valence-electron chi connectivity index (χ2n) is 4.80. The van der Waals surface area contributed by atoms with Gasteiger partial charge in [-0.25, -0.2) is 4.79 Å². The number of hydrogen-bond acceptors (Lipinski definition) is 1. The fourth-order valence-electron chi connectivity index (χ4n) is 2.34. The first-order valence-corrected chi connectivity index (χ1v) is 7.65. The first kappa shape index (κ1) is 13.6. The van der Waals surface area contributed by atoms with E-state index in [-0.39, 0.29) is 6.03 Å². The lowest BCUT2D eigenvalue weighted by Crippen LogP contribution is -2.37. The van der Waals surface area contributed by atoms with Gasteiger partial charge < -0.3 is 10.6 Å². The summed E-state index contributed by atoms with van der Waals surface area (Å²) in [7, 11) is 0. The Balaban J connectivity index is 1.84. The molecule has 1 fully saturated rings. The lowest BCUT2D eigenvalue weighted by Gasteiger charge is -2.16. The van der Waals surface area contributed by atoms with Crippen LogP contribution in [0.25, 0.3) is 0 Å². The number of urea groups is 1. The fraction of sp³-hybridized carbons (Fsp3) is 0.500. The van der Waals surface area contributed by atoms with E-state index < -0.39 is 0 Å². The molecule has 2 rings (SSSR count). The highest BCUT2D eigenvalue weighted by Gasteiger charge is 2.14. The standard InChI is InChI=1S/C14H19IN2O/c15-11-6-5-9-13(10-11)17-14(18)16-12-7-3-1-2-4-8-12/h5-6,9-10,12H,1-4,7-8H2,(H2,16,17,18). The molecule has 0 aliphatic heterocycles. The quantitative estimate of drug-likeness (QED) is 0.606. The van der Waals surface area contributed by atoms with Crippen molar-refractivity contribution < 1.29 is 4.79 Å². The SMILES string of the molecule is O=C(Nc1cccc(I)c1)NC1CCCCCC1. The molecule has 0 radical (unpaired) electrons. The van der Waals surface area contributed by atoms with E-state index in [4.69, 9.17) is 0 Å². The number of nitrogens with one attached hydrogen (secondary N) is 2. The maximum atomic E-state index is 11.9. The van der Waals surface area contributed by atoms with Crippen LogP contribution in [0.4, 0.5) is 10.5 Å². The highest BCUT2D eigenvalue weighted by molar-refractivity contribution is 14.1. The van der Waals surface area contributed by atoms with Crippen LogP contribution < -0.4 is 10.6 Å². The van der Waals surface area contributed by atoms with Gasteiger partial charge in [0, 0.05) is 15.3 Å². The molecule has 0 bridgehead atoms. The summed E-state index contributed by atoms with van der Waals surface area (Å²) in [5, 5.41) is 5.97. The summed E-state index contributed by atoms with van der Waals surface area (Å²) < 4.78 is 1.12. The molecule has 2 N–H and O–H groups in total. The van der Waals surface area contributed by atoms with Gasteiger partial charge >= 0.3 is 6.03 Å². The Kier molecular flexibility index (Phi) is 5.28. The van der Waals surface area contributed by atoms with Crippen molar-refractivity contribution in [2.45, 2.75) is 44.6 Å². The van der Waals surface area contributed by atoms with Crippen LogP contribution in [0, 0.1) is 3.57 Å². The van der Waals surface area contributed by atoms with E-state index in [2.05, 4.69) is 33.2 Å². The number of hydrogen-bond donors (Lipinski definition) is 2. The van der Waals surface area contributed by atoms with Gasteiger partial charge in [-0.2, -0.15) is 0 Å². The van der Waals surface area contributed by atoms with E-state index in [1.165, 1.54) is 25.7 Å². The molecule has 2 amide bonds. The highest BCUT2D eigenvalue weighted by Crippen LogP contribution is 2.17. The zero-order valence-electron chi connectivity index (χ0n) is 10.4. The molecule has 18 heavy (non-hydrogen) atoms. The third-order valence-electron chi connectivity index (χ3n) is 3.27. The molecule has 98 valence electrons. The van der Waals surface area contributed by atoms with Gasteiger partial charge in [0.05, 0.1) is 0 Å². The topological polar surface area (TPSA) is 41.1 Å². The maximum absolute atomic E-state index is 11.9. The van der Waals surface area contributed by atoms with Crippen LogP contribution in [-0.2, 0) is 0 Å². The molecule has 0 atom stereocenters. The van der Waals surface area contributed by atoms with Crippen molar-refractivity contribution >= 4 is 34.3 Å². The van der Waals surface area contributed by atoms with E-state index >= 15 is 0 Å². The van der Waals surface area contributed by atoms with E-state index in [0.29, 0.717) is 6.04 Å². The van der Waals surface area contributed by atoms with Crippen molar-refractivity contribution in [1.29, 1.82) is 0 Å². The molecular weight excluding hydrogens is 339 g/mol. The van der Waals surface area contributed by atoms with Crippen LogP contribution in [0.15, 0.2) is 24.3 Å². The number of carbonyl (C=O) groups is 1. The second kappa shape index (κ2) is 6.97. The zero-order chi connectivity index (χ0) is 12.8. The number of halogens is 1. The summed E-state index contributed by atoms with van der Waals surface area (Å²) in [5.41, 5.74) is 0.855. The Bertz CT molecular complexity index is 401. The third kappa shape index (κ3) is 4.48. The average Bonchev–Trinajstić information content (AvgIpc) is 2.57. The predicted molar refractivity (Wildman–Crippen MR) is 82.8 cm³/mol. The van der Waals surface area contributed by atoms with Crippen LogP contribution in [0.2, 0.25) is 0 Å². The minimum Gasteiger partial charge on any atom is -0.335 e. The van der Waals surface area contributed by atoms with E-state index in [1.54, 1.807) is 0 Å². The number of amides is 2. The first-order valence-electron chi connectivity index (χ1n) is 6.57. The number of benzene rings is 1. The Morgan fingerprint density at radius 1 is 1.17 bits per heavy atom. The largest absolute Gasteiger partial charge is 0.335 e. The Morgan fingerprint density at radius 3 is 2.56 bits per heavy atom. The molecular formula is C14H19IN2O. The fourth-order valence-corrected chi connectivity index (χ4v) is 2.89.